The van der Waals surface area contributed by atoms with Gasteiger partial charge >= 0.3 is 5.97 Å². The highest BCUT2D eigenvalue weighted by Crippen LogP contribution is 2.36. The predicted octanol–water partition coefficient (Wildman–Crippen LogP) is 4.64. The highest BCUT2D eigenvalue weighted by Gasteiger charge is 2.25. The summed E-state index contributed by atoms with van der Waals surface area (Å²) in [6.07, 6.45) is 2.70. The summed E-state index contributed by atoms with van der Waals surface area (Å²) in [6, 6.07) is 57.2. The number of carboxylic acids is 1. The van der Waals surface area contributed by atoms with Gasteiger partial charge in [0.1, 0.15) is 11.8 Å². The number of phenolic OH excluding ortho intramolecular Hbond substituents is 4. The lowest BCUT2D eigenvalue weighted by Crippen LogP contribution is -2.35. The van der Waals surface area contributed by atoms with E-state index in [0.29, 0.717) is 65.9 Å². The van der Waals surface area contributed by atoms with Gasteiger partial charge in [0, 0.05) is 131 Å². The fourth-order valence-electron chi connectivity index (χ4n) is 9.63. The van der Waals surface area contributed by atoms with E-state index in [9.17, 15) is 60.4 Å². The SMILES string of the molecule is CCCN(CCC)S(=O)(=O)c1ccc(N)cc1.CN(C)S(=O)(=O)c1ccc(N)c(O)c1.CN(C)S(=O)(=O)c1ccc(N)cc1.NCCNc1cccc2ccccc12.NCCc1ccc(S(N)(=O)=O)cc1.Nc1cc(O)c(O)c(O)c1.Nc1ccc(CC(N)C(=O)O)cc1.Nc1ccc(S(=O)(=O)N(CCO)CCO)cc1.Nc1ccc(S(N)(=O)=O)cc1. The maximum Gasteiger partial charge on any atom is 0.320 e. The number of phenols is 4. The molecule has 0 saturated carbocycles. The van der Waals surface area contributed by atoms with Crippen molar-refractivity contribution in [2.45, 2.75) is 74.9 Å². The van der Waals surface area contributed by atoms with Crippen molar-refractivity contribution < 1.29 is 91.0 Å². The number of aliphatic hydroxyl groups excluding tert-OH is 2. The largest absolute Gasteiger partial charge is 0.506 e. The van der Waals surface area contributed by atoms with Crippen LogP contribution in [0, 0.1) is 0 Å². The van der Waals surface area contributed by atoms with Gasteiger partial charge in [0.15, 0.2) is 17.2 Å². The quantitative estimate of drug-likeness (QED) is 0.0199. The Labute approximate surface area is 713 Å². The maximum absolute atomic E-state index is 12.3. The van der Waals surface area contributed by atoms with Gasteiger partial charge in [0.25, 0.3) is 0 Å². The number of nitrogen functional groups attached to an aromatic ring is 7. The second-order valence-corrected chi connectivity index (χ2v) is 37.4. The number of primary sulfonamides is 2. The second-order valence-electron chi connectivity index (χ2n) is 26.1. The van der Waals surface area contributed by atoms with E-state index < -0.39 is 89.4 Å². The van der Waals surface area contributed by atoms with Crippen LogP contribution in [-0.2, 0) is 77.8 Å². The van der Waals surface area contributed by atoms with Crippen LogP contribution in [0.25, 0.3) is 10.8 Å². The number of hydrogen-bond acceptors (Lipinski definition) is 30. The molecule has 0 spiro atoms. The normalized spacial score (nSPS) is 11.5. The van der Waals surface area contributed by atoms with Crippen LogP contribution >= 0.6 is 0 Å². The molecule has 0 saturated heterocycles. The number of fused-ring (bicyclic) bond motifs is 1. The summed E-state index contributed by atoms with van der Waals surface area (Å²) < 4.78 is 143. The Bertz CT molecular complexity index is 5460. The van der Waals surface area contributed by atoms with Gasteiger partial charge in [-0.2, -0.15) is 8.61 Å². The number of aliphatic hydroxyl groups is 2. The maximum atomic E-state index is 12.3. The number of anilines is 8. The number of nitrogens with two attached hydrogens (primary N) is 12. The molecule has 1 unspecified atom stereocenters. The van der Waals surface area contributed by atoms with E-state index in [-0.39, 0.29) is 67.9 Å². The molecule has 32 N–H and O–H groups in total. The van der Waals surface area contributed by atoms with Crippen LogP contribution in [0.4, 0.5) is 45.5 Å². The number of nitrogens with one attached hydrogen (secondary N) is 1. The van der Waals surface area contributed by atoms with Crippen molar-refractivity contribution in [1.82, 2.24) is 17.2 Å². The standard InChI is InChI=1S/C12H20N2O2S.C12H14N2.C10H16N2O4S.C9H12N2O2.C8H12N2O3S.2C8H12N2O2S.C6H8N2O2S.C6H7NO3/c1-3-9-14(10-4-2)17(15,16)12-7-5-11(13)6-8-12;13-8-9-14-12-7-3-5-10-4-1-2-6-11(10)12;11-9-1-3-10(4-2-9)17(15,16)12(5-7-13)6-8-14;10-7-3-1-6(2-4-7)5-8(11)9(12)13;1-10(2)14(12,13)6-3-4-7(9)8(11)5-6;1-10(2)13(11,12)8-5-3-7(9)4-6-8;9-6-5-7-1-3-8(4-2-7)13(10,11)12;7-5-1-3-6(4-2-5)11(8,9)10;7-3-1-4(8)6(10)5(9)2-3/h5-8H,3-4,9-10,13H2,1-2H3;1-7,14H,8-9,13H2;1-4,13-14H,5-8,11H2;1-4,8H,5,10-11H2,(H,12,13);3-5,11H,9H2,1-2H3;3-6H,9H2,1-2H3;1-4H,5-6,9H2,(H2,10,11,12);1-4H,7H2,(H2,8,9,10);1-2,8-10H,7H2. The molecule has 0 amide bonds. The van der Waals surface area contributed by atoms with E-state index in [1.807, 2.05) is 13.8 Å². The lowest BCUT2D eigenvalue weighted by atomic mass is 10.1. The van der Waals surface area contributed by atoms with Gasteiger partial charge in [-0.3, -0.25) is 4.79 Å². The van der Waals surface area contributed by atoms with Crippen molar-refractivity contribution in [3.05, 3.63) is 230 Å². The van der Waals surface area contributed by atoms with E-state index in [0.717, 1.165) is 69.4 Å². The first-order chi connectivity index (χ1) is 57.0. The number of sulfonamides is 6. The third-order valence-electron chi connectivity index (χ3n) is 16.1. The van der Waals surface area contributed by atoms with E-state index >= 15 is 0 Å². The Morgan fingerprint density at radius 1 is 0.402 bits per heavy atom. The average Bonchev–Trinajstić information content (AvgIpc) is 0.824. The zero-order valence-corrected chi connectivity index (χ0v) is 73.1. The van der Waals surface area contributed by atoms with Crippen LogP contribution in [0.2, 0.25) is 0 Å². The van der Waals surface area contributed by atoms with E-state index in [4.69, 9.17) is 98.3 Å². The minimum Gasteiger partial charge on any atom is -0.506 e. The Kier molecular flexibility index (Phi) is 45.1. The highest BCUT2D eigenvalue weighted by molar-refractivity contribution is 7.90. The Morgan fingerprint density at radius 2 is 0.746 bits per heavy atom. The van der Waals surface area contributed by atoms with Crippen molar-refractivity contribution in [3.63, 3.8) is 0 Å². The van der Waals surface area contributed by atoms with Crippen LogP contribution in [-0.4, -0.2) is 203 Å². The molecule has 122 heavy (non-hydrogen) atoms. The zero-order valence-electron chi connectivity index (χ0n) is 68.2. The van der Waals surface area contributed by atoms with Crippen molar-refractivity contribution >= 4 is 122 Å². The summed E-state index contributed by atoms with van der Waals surface area (Å²) in [5.41, 5.74) is 60.1. The molecule has 37 nitrogen and oxygen atoms in total. The molecule has 10 rings (SSSR count). The monoisotopic (exact) mass is 1810 g/mol. The molecule has 0 aliphatic heterocycles. The molecule has 10 aromatic carbocycles. The van der Waals surface area contributed by atoms with Gasteiger partial charge < -0.3 is 98.4 Å². The predicted molar refractivity (Wildman–Crippen MR) is 479 cm³/mol. The fourth-order valence-corrected chi connectivity index (χ4v) is 15.5. The number of rotatable bonds is 26. The van der Waals surface area contributed by atoms with E-state index in [1.54, 1.807) is 72.8 Å². The number of carboxylic acid groups (broad SMARTS) is 1. The number of aromatic hydroxyl groups is 4. The van der Waals surface area contributed by atoms with Crippen molar-refractivity contribution in [2.75, 3.05) is 133 Å². The number of hydrogen-bond donors (Lipinski definition) is 20. The number of nitrogens with zero attached hydrogens (tertiary/aromatic N) is 4. The summed E-state index contributed by atoms with van der Waals surface area (Å²) in [6.45, 7) is 6.39. The first-order valence-electron chi connectivity index (χ1n) is 36.7. The van der Waals surface area contributed by atoms with E-state index in [1.165, 1.54) is 133 Å². The molecule has 0 aliphatic rings. The third kappa shape index (κ3) is 36.6. The number of carbonyl (C=O) groups is 1. The molecule has 0 bridgehead atoms. The lowest BCUT2D eigenvalue weighted by Gasteiger charge is -2.20. The molecule has 43 heteroatoms. The molecule has 0 fully saturated rings. The van der Waals surface area contributed by atoms with Gasteiger partial charge in [-0.15, -0.1) is 0 Å². The molecule has 10 aromatic rings. The molecular weight excluding hydrogens is 1700 g/mol. The molecule has 0 aromatic heterocycles. The second kappa shape index (κ2) is 51.5. The lowest BCUT2D eigenvalue weighted by molar-refractivity contribution is -0.138. The average molecular weight is 1810 g/mol. The van der Waals surface area contributed by atoms with Gasteiger partial charge in [-0.25, -0.2) is 69.4 Å². The first kappa shape index (κ1) is 107. The fraction of sp³-hybridized carbons (Fsp3) is 0.253. The summed E-state index contributed by atoms with van der Waals surface area (Å²) in [4.78, 5) is 11.3. The van der Waals surface area contributed by atoms with Gasteiger partial charge in [0.05, 0.1) is 48.3 Å². The summed E-state index contributed by atoms with van der Waals surface area (Å²) >= 11 is 0. The van der Waals surface area contributed by atoms with Crippen LogP contribution in [0.3, 0.4) is 0 Å². The van der Waals surface area contributed by atoms with Gasteiger partial charge in [-0.05, 0) is 188 Å². The first-order valence-corrected chi connectivity index (χ1v) is 45.5. The highest BCUT2D eigenvalue weighted by atomic mass is 32.2. The Morgan fingerprint density at radius 3 is 1.11 bits per heavy atom. The molecule has 1 atom stereocenters. The molecule has 0 radical (unpaired) electrons. The van der Waals surface area contributed by atoms with Crippen LogP contribution in [0.15, 0.2) is 248 Å². The smallest absolute Gasteiger partial charge is 0.320 e. The summed E-state index contributed by atoms with van der Waals surface area (Å²) in [7, 11) is -15.2. The summed E-state index contributed by atoms with van der Waals surface area (Å²) in [5, 5.41) is 77.4. The molecular formula is C79H113N17O20S6. The van der Waals surface area contributed by atoms with Crippen LogP contribution < -0.4 is 72.9 Å². The van der Waals surface area contributed by atoms with Crippen LogP contribution in [0.5, 0.6) is 23.0 Å². The summed E-state index contributed by atoms with van der Waals surface area (Å²) in [5.74, 6) is -2.60. The van der Waals surface area contributed by atoms with E-state index in [2.05, 4.69) is 47.8 Å². The minimum absolute atomic E-state index is 0.0224. The van der Waals surface area contributed by atoms with Crippen molar-refractivity contribution in [3.8, 4) is 23.0 Å². The van der Waals surface area contributed by atoms with Crippen molar-refractivity contribution in [2.24, 2.45) is 27.5 Å². The number of aliphatic carboxylic acids is 1. The third-order valence-corrected chi connectivity index (χ3v) is 25.4. The Balaban J connectivity index is 0.000000467. The number of benzene rings is 10. The molecule has 670 valence electrons. The van der Waals surface area contributed by atoms with Crippen molar-refractivity contribution in [1.29, 1.82) is 0 Å². The molecule has 0 heterocycles. The van der Waals surface area contributed by atoms with Gasteiger partial charge in [-0.1, -0.05) is 74.5 Å². The topological polar surface area (TPSA) is 701 Å². The Hall–Kier alpha value is -11.2. The molecule has 0 aliphatic carbocycles. The minimum atomic E-state index is -3.68. The van der Waals surface area contributed by atoms with Crippen LogP contribution in [0.1, 0.15) is 37.8 Å². The van der Waals surface area contributed by atoms with Gasteiger partial charge in [0.2, 0.25) is 60.1 Å². The zero-order chi connectivity index (χ0) is 92.5.